The van der Waals surface area contributed by atoms with Crippen molar-refractivity contribution >= 4 is 5.91 Å². The Labute approximate surface area is 93.2 Å². The molecule has 0 heterocycles. The van der Waals surface area contributed by atoms with Crippen molar-refractivity contribution in [2.75, 3.05) is 14.2 Å². The van der Waals surface area contributed by atoms with Gasteiger partial charge in [-0.2, -0.15) is 0 Å². The summed E-state index contributed by atoms with van der Waals surface area (Å²) in [5, 5.41) is 10.7. The van der Waals surface area contributed by atoms with Crippen molar-refractivity contribution in [3.63, 3.8) is 0 Å². The van der Waals surface area contributed by atoms with Gasteiger partial charge in [-0.25, -0.2) is 9.45 Å². The molecule has 5 heteroatoms. The molecule has 1 N–H and O–H groups in total. The van der Waals surface area contributed by atoms with E-state index in [9.17, 15) is 14.3 Å². The maximum absolute atomic E-state index is 13.3. The number of rotatable bonds is 4. The molecule has 0 bridgehead atoms. The summed E-state index contributed by atoms with van der Waals surface area (Å²) in [5.41, 5.74) is 0.111. The summed E-state index contributed by atoms with van der Waals surface area (Å²) in [7, 11) is 2.77. The Hall–Kier alpha value is -1.46. The number of benzene rings is 1. The summed E-state index contributed by atoms with van der Waals surface area (Å²) >= 11 is 0. The Morgan fingerprint density at radius 1 is 1.56 bits per heavy atom. The van der Waals surface area contributed by atoms with Crippen LogP contribution in [0.5, 0.6) is 0 Å². The van der Waals surface area contributed by atoms with Crippen LogP contribution < -0.4 is 0 Å². The van der Waals surface area contributed by atoms with Crippen molar-refractivity contribution in [2.45, 2.75) is 12.5 Å². The van der Waals surface area contributed by atoms with Crippen molar-refractivity contribution in [2.24, 2.45) is 0 Å². The van der Waals surface area contributed by atoms with Gasteiger partial charge >= 0.3 is 0 Å². The van der Waals surface area contributed by atoms with Crippen molar-refractivity contribution in [3.8, 4) is 0 Å². The monoisotopic (exact) mass is 227 g/mol. The minimum absolute atomic E-state index is 0.111. The molecule has 0 radical (unpaired) electrons. The van der Waals surface area contributed by atoms with Gasteiger partial charge in [-0.1, -0.05) is 18.2 Å². The van der Waals surface area contributed by atoms with Crippen LogP contribution >= 0.6 is 0 Å². The number of carbonyl (C=O) groups is 1. The Kier molecular flexibility index (Phi) is 4.39. The molecule has 0 aliphatic heterocycles. The predicted octanol–water partition coefficient (Wildman–Crippen LogP) is 1.27. The zero-order valence-corrected chi connectivity index (χ0v) is 9.18. The summed E-state index contributed by atoms with van der Waals surface area (Å²) in [6.07, 6.45) is -1.38. The molecule has 0 fully saturated rings. The molecule has 16 heavy (non-hydrogen) atoms. The van der Waals surface area contributed by atoms with Gasteiger partial charge in [-0.3, -0.25) is 9.63 Å². The van der Waals surface area contributed by atoms with E-state index in [1.54, 1.807) is 6.07 Å². The number of aliphatic hydroxyl groups is 1. The summed E-state index contributed by atoms with van der Waals surface area (Å²) in [6.45, 7) is 0. The van der Waals surface area contributed by atoms with Crippen molar-refractivity contribution in [1.29, 1.82) is 0 Å². The van der Waals surface area contributed by atoms with Gasteiger partial charge in [0.2, 0.25) is 5.91 Å². The van der Waals surface area contributed by atoms with Crippen LogP contribution in [0.1, 0.15) is 18.1 Å². The molecule has 0 aliphatic rings. The first-order chi connectivity index (χ1) is 7.56. The van der Waals surface area contributed by atoms with Gasteiger partial charge in [0, 0.05) is 12.6 Å². The van der Waals surface area contributed by atoms with Gasteiger partial charge in [0.15, 0.2) is 0 Å². The number of amides is 1. The number of hydrogen-bond acceptors (Lipinski definition) is 3. The molecule has 1 atom stereocenters. The lowest BCUT2D eigenvalue weighted by atomic mass is 10.1. The van der Waals surface area contributed by atoms with Gasteiger partial charge in [-0.15, -0.1) is 0 Å². The topological polar surface area (TPSA) is 49.8 Å². The highest BCUT2D eigenvalue weighted by Crippen LogP contribution is 2.20. The molecule has 0 saturated carbocycles. The Balaban J connectivity index is 2.69. The normalized spacial score (nSPS) is 12.2. The molecule has 0 aromatic heterocycles. The molecule has 1 rings (SSSR count). The third-order valence-electron chi connectivity index (χ3n) is 2.26. The molecule has 88 valence electrons. The number of halogens is 1. The zero-order valence-electron chi connectivity index (χ0n) is 9.18. The Morgan fingerprint density at radius 3 is 2.75 bits per heavy atom. The van der Waals surface area contributed by atoms with E-state index in [4.69, 9.17) is 0 Å². The largest absolute Gasteiger partial charge is 0.388 e. The second kappa shape index (κ2) is 5.58. The lowest BCUT2D eigenvalue weighted by Gasteiger charge is -2.16. The fourth-order valence-electron chi connectivity index (χ4n) is 1.25. The van der Waals surface area contributed by atoms with E-state index in [2.05, 4.69) is 4.84 Å². The second-order valence-electron chi connectivity index (χ2n) is 3.32. The lowest BCUT2D eigenvalue weighted by Crippen LogP contribution is -2.27. The molecule has 4 nitrogen and oxygen atoms in total. The van der Waals surface area contributed by atoms with Crippen molar-refractivity contribution in [1.82, 2.24) is 5.06 Å². The highest BCUT2D eigenvalue weighted by molar-refractivity contribution is 5.75. The van der Waals surface area contributed by atoms with E-state index in [1.165, 1.54) is 32.4 Å². The van der Waals surface area contributed by atoms with Crippen LogP contribution in [-0.4, -0.2) is 30.2 Å². The first-order valence-corrected chi connectivity index (χ1v) is 4.79. The Bertz CT molecular complexity index is 370. The number of hydroxylamine groups is 2. The molecule has 1 amide bonds. The second-order valence-corrected chi connectivity index (χ2v) is 3.32. The van der Waals surface area contributed by atoms with E-state index in [0.29, 0.717) is 0 Å². The quantitative estimate of drug-likeness (QED) is 0.788. The van der Waals surface area contributed by atoms with Crippen LogP contribution in [0.25, 0.3) is 0 Å². The first kappa shape index (κ1) is 12.6. The predicted molar refractivity (Wildman–Crippen MR) is 55.8 cm³/mol. The highest BCUT2D eigenvalue weighted by Gasteiger charge is 2.18. The minimum atomic E-state index is -1.16. The maximum atomic E-state index is 13.3. The SMILES string of the molecule is CON(C)C(=O)CC(O)c1ccccc1F. The van der Waals surface area contributed by atoms with Crippen LogP contribution in [0.3, 0.4) is 0 Å². The summed E-state index contributed by atoms with van der Waals surface area (Å²) in [4.78, 5) is 16.0. The van der Waals surface area contributed by atoms with E-state index in [-0.39, 0.29) is 12.0 Å². The van der Waals surface area contributed by atoms with Gasteiger partial charge in [0.05, 0.1) is 19.6 Å². The summed E-state index contributed by atoms with van der Waals surface area (Å²) in [6, 6.07) is 5.81. The molecule has 1 aromatic carbocycles. The van der Waals surface area contributed by atoms with E-state index >= 15 is 0 Å². The molecule has 0 aliphatic carbocycles. The third kappa shape index (κ3) is 3.01. The molecular formula is C11H14FNO3. The Morgan fingerprint density at radius 2 is 2.19 bits per heavy atom. The molecule has 1 unspecified atom stereocenters. The molecular weight excluding hydrogens is 213 g/mol. The highest BCUT2D eigenvalue weighted by atomic mass is 19.1. The van der Waals surface area contributed by atoms with Gasteiger partial charge in [0.25, 0.3) is 0 Å². The standard InChI is InChI=1S/C11H14FNO3/c1-13(16-2)11(15)7-10(14)8-5-3-4-6-9(8)12/h3-6,10,14H,7H2,1-2H3. The lowest BCUT2D eigenvalue weighted by molar-refractivity contribution is -0.170. The van der Waals surface area contributed by atoms with Crippen LogP contribution in [0.15, 0.2) is 24.3 Å². The van der Waals surface area contributed by atoms with Crippen LogP contribution in [-0.2, 0) is 9.63 Å². The fraction of sp³-hybridized carbons (Fsp3) is 0.364. The van der Waals surface area contributed by atoms with Crippen LogP contribution in [0.2, 0.25) is 0 Å². The zero-order chi connectivity index (χ0) is 12.1. The smallest absolute Gasteiger partial charge is 0.248 e. The molecule has 0 saturated heterocycles. The van der Waals surface area contributed by atoms with Gasteiger partial charge in [-0.05, 0) is 6.07 Å². The average Bonchev–Trinajstić information content (AvgIpc) is 2.28. The number of nitrogens with zero attached hydrogens (tertiary/aromatic N) is 1. The number of carbonyl (C=O) groups excluding carboxylic acids is 1. The van der Waals surface area contributed by atoms with Crippen molar-refractivity contribution in [3.05, 3.63) is 35.6 Å². The molecule has 1 aromatic rings. The minimum Gasteiger partial charge on any atom is -0.388 e. The number of hydrogen-bond donors (Lipinski definition) is 1. The fourth-order valence-corrected chi connectivity index (χ4v) is 1.25. The maximum Gasteiger partial charge on any atom is 0.248 e. The average molecular weight is 227 g/mol. The van der Waals surface area contributed by atoms with Crippen LogP contribution in [0, 0.1) is 5.82 Å². The molecule has 0 spiro atoms. The first-order valence-electron chi connectivity index (χ1n) is 4.79. The van der Waals surface area contributed by atoms with Gasteiger partial charge < -0.3 is 5.11 Å². The summed E-state index contributed by atoms with van der Waals surface area (Å²) in [5.74, 6) is -0.943. The van der Waals surface area contributed by atoms with Crippen LogP contribution in [0.4, 0.5) is 4.39 Å². The van der Waals surface area contributed by atoms with E-state index in [1.807, 2.05) is 0 Å². The van der Waals surface area contributed by atoms with E-state index in [0.717, 1.165) is 5.06 Å². The van der Waals surface area contributed by atoms with Crippen molar-refractivity contribution < 1.29 is 19.1 Å². The third-order valence-corrected chi connectivity index (χ3v) is 2.26. The number of aliphatic hydroxyl groups excluding tert-OH is 1. The van der Waals surface area contributed by atoms with E-state index < -0.39 is 17.8 Å². The van der Waals surface area contributed by atoms with Gasteiger partial charge in [0.1, 0.15) is 5.82 Å². The summed E-state index contributed by atoms with van der Waals surface area (Å²) < 4.78 is 13.3.